The van der Waals surface area contributed by atoms with E-state index in [9.17, 15) is 0 Å². The highest BCUT2D eigenvalue weighted by atomic mass is 79.9. The van der Waals surface area contributed by atoms with Crippen molar-refractivity contribution in [1.82, 2.24) is 4.98 Å². The van der Waals surface area contributed by atoms with E-state index in [0.717, 1.165) is 21.5 Å². The Balaban J connectivity index is 2.05. The molecule has 0 atom stereocenters. The highest BCUT2D eigenvalue weighted by Gasteiger charge is 2.00. The lowest BCUT2D eigenvalue weighted by atomic mass is 10.2. The van der Waals surface area contributed by atoms with Crippen molar-refractivity contribution < 1.29 is 0 Å². The summed E-state index contributed by atoms with van der Waals surface area (Å²) in [6.45, 7) is 0.698. The predicted molar refractivity (Wildman–Crippen MR) is 70.1 cm³/mol. The van der Waals surface area contributed by atoms with Crippen LogP contribution in [0, 0.1) is 0 Å². The summed E-state index contributed by atoms with van der Waals surface area (Å²) in [5, 5.41) is 3.29. The maximum Gasteiger partial charge on any atom is 0.0594 e. The van der Waals surface area contributed by atoms with Gasteiger partial charge in [0.1, 0.15) is 0 Å². The Kier molecular flexibility index (Phi) is 3.41. The van der Waals surface area contributed by atoms with Gasteiger partial charge in [0.25, 0.3) is 0 Å². The molecule has 0 fully saturated rings. The standard InChI is InChI=1S/C12H12BrN3/c13-11-7-9(14)4-5-12(11)16-8-10-3-1-2-6-15-10/h1-7,16H,8,14H2. The molecule has 0 aliphatic heterocycles. The lowest BCUT2D eigenvalue weighted by Gasteiger charge is -2.08. The number of hydrogen-bond donors (Lipinski definition) is 2. The fraction of sp³-hybridized carbons (Fsp3) is 0.0833. The first-order chi connectivity index (χ1) is 7.75. The van der Waals surface area contributed by atoms with E-state index in [1.54, 1.807) is 6.20 Å². The van der Waals surface area contributed by atoms with Crippen molar-refractivity contribution in [1.29, 1.82) is 0 Å². The van der Waals surface area contributed by atoms with Gasteiger partial charge in [0.15, 0.2) is 0 Å². The average molecular weight is 278 g/mol. The normalized spacial score (nSPS) is 10.1. The number of pyridine rings is 1. The number of halogens is 1. The van der Waals surface area contributed by atoms with Gasteiger partial charge < -0.3 is 11.1 Å². The molecule has 0 amide bonds. The summed E-state index contributed by atoms with van der Waals surface area (Å²) in [6.07, 6.45) is 1.79. The number of nitrogens with two attached hydrogens (primary N) is 1. The summed E-state index contributed by atoms with van der Waals surface area (Å²) in [6, 6.07) is 11.6. The van der Waals surface area contributed by atoms with Gasteiger partial charge in [-0.3, -0.25) is 4.98 Å². The molecule has 2 rings (SSSR count). The summed E-state index contributed by atoms with van der Waals surface area (Å²) >= 11 is 3.46. The predicted octanol–water partition coefficient (Wildman–Crippen LogP) is 3.04. The van der Waals surface area contributed by atoms with Crippen LogP contribution in [0.2, 0.25) is 0 Å². The minimum atomic E-state index is 0.698. The number of anilines is 2. The molecular formula is C12H12BrN3. The molecule has 3 N–H and O–H groups in total. The van der Waals surface area contributed by atoms with Crippen molar-refractivity contribution in [2.75, 3.05) is 11.1 Å². The summed E-state index contributed by atoms with van der Waals surface area (Å²) in [4.78, 5) is 4.24. The number of hydrogen-bond acceptors (Lipinski definition) is 3. The smallest absolute Gasteiger partial charge is 0.0594 e. The number of rotatable bonds is 3. The van der Waals surface area contributed by atoms with Gasteiger partial charge in [0.2, 0.25) is 0 Å². The first-order valence-corrected chi connectivity index (χ1v) is 5.74. The monoisotopic (exact) mass is 277 g/mol. The van der Waals surface area contributed by atoms with Crippen molar-refractivity contribution in [3.05, 3.63) is 52.8 Å². The van der Waals surface area contributed by atoms with E-state index in [-0.39, 0.29) is 0 Å². The van der Waals surface area contributed by atoms with Crippen molar-refractivity contribution in [3.8, 4) is 0 Å². The quantitative estimate of drug-likeness (QED) is 0.848. The summed E-state index contributed by atoms with van der Waals surface area (Å²) in [5.74, 6) is 0. The van der Waals surface area contributed by atoms with Crippen LogP contribution in [-0.2, 0) is 6.54 Å². The van der Waals surface area contributed by atoms with Crippen LogP contribution in [0.1, 0.15) is 5.69 Å². The second-order valence-electron chi connectivity index (χ2n) is 3.41. The second kappa shape index (κ2) is 4.99. The third kappa shape index (κ3) is 2.73. The molecule has 2 aromatic rings. The van der Waals surface area contributed by atoms with Gasteiger partial charge in [-0.1, -0.05) is 6.07 Å². The maximum atomic E-state index is 5.66. The van der Waals surface area contributed by atoms with E-state index >= 15 is 0 Å². The molecule has 0 saturated heterocycles. The Labute approximate surface area is 103 Å². The van der Waals surface area contributed by atoms with Crippen LogP contribution in [0.5, 0.6) is 0 Å². The first kappa shape index (κ1) is 11.0. The van der Waals surface area contributed by atoms with Crippen molar-refractivity contribution in [2.45, 2.75) is 6.54 Å². The molecule has 0 aliphatic rings. The van der Waals surface area contributed by atoms with Gasteiger partial charge >= 0.3 is 0 Å². The summed E-state index contributed by atoms with van der Waals surface area (Å²) in [5.41, 5.74) is 8.43. The Morgan fingerprint density at radius 1 is 1.25 bits per heavy atom. The minimum Gasteiger partial charge on any atom is -0.399 e. The molecule has 4 heteroatoms. The zero-order chi connectivity index (χ0) is 11.4. The zero-order valence-corrected chi connectivity index (χ0v) is 10.2. The highest BCUT2D eigenvalue weighted by molar-refractivity contribution is 9.10. The molecule has 1 aromatic heterocycles. The number of nitrogen functional groups attached to an aromatic ring is 1. The first-order valence-electron chi connectivity index (χ1n) is 4.94. The second-order valence-corrected chi connectivity index (χ2v) is 4.27. The largest absolute Gasteiger partial charge is 0.399 e. The number of aromatic nitrogens is 1. The molecule has 16 heavy (non-hydrogen) atoms. The van der Waals surface area contributed by atoms with E-state index in [2.05, 4.69) is 26.2 Å². The molecule has 3 nitrogen and oxygen atoms in total. The molecule has 0 radical (unpaired) electrons. The van der Waals surface area contributed by atoms with Gasteiger partial charge in [-0.05, 0) is 46.3 Å². The van der Waals surface area contributed by atoms with E-state index < -0.39 is 0 Å². The van der Waals surface area contributed by atoms with E-state index in [1.807, 2.05) is 36.4 Å². The van der Waals surface area contributed by atoms with Crippen LogP contribution < -0.4 is 11.1 Å². The van der Waals surface area contributed by atoms with Crippen LogP contribution in [0.25, 0.3) is 0 Å². The molecule has 0 saturated carbocycles. The average Bonchev–Trinajstić information content (AvgIpc) is 2.29. The topological polar surface area (TPSA) is 50.9 Å². The van der Waals surface area contributed by atoms with Crippen LogP contribution in [0.3, 0.4) is 0 Å². The molecule has 1 aromatic carbocycles. The van der Waals surface area contributed by atoms with Crippen molar-refractivity contribution >= 4 is 27.3 Å². The third-order valence-corrected chi connectivity index (χ3v) is 2.84. The van der Waals surface area contributed by atoms with Gasteiger partial charge in [0.05, 0.1) is 12.2 Å². The Morgan fingerprint density at radius 2 is 2.12 bits per heavy atom. The molecule has 1 heterocycles. The number of nitrogens with zero attached hydrogens (tertiary/aromatic N) is 1. The molecule has 0 aliphatic carbocycles. The van der Waals surface area contributed by atoms with Crippen molar-refractivity contribution in [3.63, 3.8) is 0 Å². The molecule has 0 bridgehead atoms. The van der Waals surface area contributed by atoms with Gasteiger partial charge in [-0.15, -0.1) is 0 Å². The minimum absolute atomic E-state index is 0.698. The van der Waals surface area contributed by atoms with E-state index in [4.69, 9.17) is 5.73 Å². The number of nitrogens with one attached hydrogen (secondary N) is 1. The van der Waals surface area contributed by atoms with E-state index in [0.29, 0.717) is 6.54 Å². The van der Waals surface area contributed by atoms with Crippen LogP contribution in [0.4, 0.5) is 11.4 Å². The highest BCUT2D eigenvalue weighted by Crippen LogP contribution is 2.24. The summed E-state index contributed by atoms with van der Waals surface area (Å²) < 4.78 is 0.962. The Morgan fingerprint density at radius 3 is 2.81 bits per heavy atom. The van der Waals surface area contributed by atoms with Crippen molar-refractivity contribution in [2.24, 2.45) is 0 Å². The van der Waals surface area contributed by atoms with Gasteiger partial charge in [-0.2, -0.15) is 0 Å². The summed E-state index contributed by atoms with van der Waals surface area (Å²) in [7, 11) is 0. The van der Waals surface area contributed by atoms with Crippen LogP contribution in [-0.4, -0.2) is 4.98 Å². The SMILES string of the molecule is Nc1ccc(NCc2ccccn2)c(Br)c1. The zero-order valence-electron chi connectivity index (χ0n) is 8.65. The molecule has 0 spiro atoms. The van der Waals surface area contributed by atoms with Crippen LogP contribution in [0.15, 0.2) is 47.1 Å². The van der Waals surface area contributed by atoms with E-state index in [1.165, 1.54) is 0 Å². The fourth-order valence-corrected chi connectivity index (χ4v) is 1.90. The number of benzene rings is 1. The molecule has 0 unspecified atom stereocenters. The Bertz CT molecular complexity index is 471. The maximum absolute atomic E-state index is 5.66. The van der Waals surface area contributed by atoms with Gasteiger partial charge in [-0.25, -0.2) is 0 Å². The molecular weight excluding hydrogens is 266 g/mol. The Hall–Kier alpha value is -1.55. The molecule has 82 valence electrons. The fourth-order valence-electron chi connectivity index (χ4n) is 1.36. The lowest BCUT2D eigenvalue weighted by Crippen LogP contribution is -2.01. The third-order valence-electron chi connectivity index (χ3n) is 2.18. The van der Waals surface area contributed by atoms with Gasteiger partial charge in [0, 0.05) is 22.0 Å². The lowest BCUT2D eigenvalue weighted by molar-refractivity contribution is 1.04. The van der Waals surface area contributed by atoms with Crippen LogP contribution >= 0.6 is 15.9 Å².